The fourth-order valence-corrected chi connectivity index (χ4v) is 2.88. The molecule has 0 spiro atoms. The number of halogens is 4. The third-order valence-corrected chi connectivity index (χ3v) is 3.82. The van der Waals surface area contributed by atoms with Gasteiger partial charge in [0.25, 0.3) is 0 Å². The number of aromatic hydroxyl groups is 2. The van der Waals surface area contributed by atoms with E-state index in [2.05, 4.69) is 0 Å². The van der Waals surface area contributed by atoms with Crippen LogP contribution in [0.2, 0.25) is 5.02 Å². The van der Waals surface area contributed by atoms with Crippen LogP contribution in [0.4, 0.5) is 0 Å². The number of rotatable bonds is 2. The summed E-state index contributed by atoms with van der Waals surface area (Å²) in [6.45, 7) is 0. The molecule has 2 aromatic carbocycles. The fraction of sp³-hybridized carbons (Fsp3) is 0.143. The van der Waals surface area contributed by atoms with Crippen LogP contribution in [0.3, 0.4) is 0 Å². The lowest BCUT2D eigenvalue weighted by Gasteiger charge is -2.25. The van der Waals surface area contributed by atoms with Gasteiger partial charge in [0, 0.05) is 0 Å². The van der Waals surface area contributed by atoms with E-state index in [1.54, 1.807) is 24.3 Å². The highest BCUT2D eigenvalue weighted by molar-refractivity contribution is 6.68. The molecule has 2 N–H and O–H groups in total. The minimum atomic E-state index is -1.60. The van der Waals surface area contributed by atoms with E-state index in [4.69, 9.17) is 46.4 Å². The molecule has 0 aromatic heterocycles. The van der Waals surface area contributed by atoms with Crippen molar-refractivity contribution in [1.29, 1.82) is 0 Å². The van der Waals surface area contributed by atoms with Crippen molar-refractivity contribution in [2.24, 2.45) is 0 Å². The van der Waals surface area contributed by atoms with Crippen LogP contribution >= 0.6 is 46.4 Å². The Labute approximate surface area is 136 Å². The highest BCUT2D eigenvalue weighted by Gasteiger charge is 2.35. The Morgan fingerprint density at radius 3 is 1.90 bits per heavy atom. The van der Waals surface area contributed by atoms with Crippen molar-refractivity contribution >= 4 is 46.4 Å². The summed E-state index contributed by atoms with van der Waals surface area (Å²) in [6, 6.07) is 11.0. The molecule has 2 aromatic rings. The third-order valence-electron chi connectivity index (χ3n) is 2.86. The van der Waals surface area contributed by atoms with E-state index < -0.39 is 9.71 Å². The maximum absolute atomic E-state index is 9.47. The molecule has 2 nitrogen and oxygen atoms in total. The van der Waals surface area contributed by atoms with Crippen LogP contribution in [0.1, 0.15) is 17.0 Å². The number of alkyl halides is 3. The number of phenolic OH excluding ortho intramolecular Hbond substituents is 2. The van der Waals surface area contributed by atoms with Crippen molar-refractivity contribution in [2.45, 2.75) is 9.71 Å². The first-order valence-corrected chi connectivity index (χ1v) is 7.14. The zero-order chi connectivity index (χ0) is 14.9. The van der Waals surface area contributed by atoms with E-state index in [9.17, 15) is 10.2 Å². The second-order valence-corrected chi connectivity index (χ2v) is 7.05. The minimum absolute atomic E-state index is 0.0378. The topological polar surface area (TPSA) is 40.5 Å². The lowest BCUT2D eigenvalue weighted by molar-refractivity contribution is 0.475. The monoisotopic (exact) mass is 350 g/mol. The molecule has 0 bridgehead atoms. The summed E-state index contributed by atoms with van der Waals surface area (Å²) in [5.41, 5.74) is 1.36. The second kappa shape index (κ2) is 5.90. The van der Waals surface area contributed by atoms with E-state index in [-0.39, 0.29) is 16.5 Å². The molecule has 0 saturated carbocycles. The van der Waals surface area contributed by atoms with E-state index in [0.29, 0.717) is 11.1 Å². The van der Waals surface area contributed by atoms with Crippen LogP contribution in [0.25, 0.3) is 0 Å². The van der Waals surface area contributed by atoms with Gasteiger partial charge < -0.3 is 10.2 Å². The summed E-state index contributed by atoms with van der Waals surface area (Å²) in [4.78, 5) is 0. The van der Waals surface area contributed by atoms with Crippen molar-refractivity contribution < 1.29 is 10.2 Å². The van der Waals surface area contributed by atoms with Gasteiger partial charge in [-0.05, 0) is 35.4 Å². The van der Waals surface area contributed by atoms with Crippen molar-refractivity contribution in [1.82, 2.24) is 0 Å². The van der Waals surface area contributed by atoms with Crippen molar-refractivity contribution in [2.75, 3.05) is 0 Å². The van der Waals surface area contributed by atoms with E-state index in [1.165, 1.54) is 18.2 Å². The number of hydrogen-bond acceptors (Lipinski definition) is 2. The first-order chi connectivity index (χ1) is 9.29. The van der Waals surface area contributed by atoms with Crippen LogP contribution in [0.5, 0.6) is 11.5 Å². The predicted octanol–water partition coefficient (Wildman–Crippen LogP) is 5.25. The predicted molar refractivity (Wildman–Crippen MR) is 83.4 cm³/mol. The molecule has 0 heterocycles. The zero-order valence-corrected chi connectivity index (χ0v) is 13.0. The van der Waals surface area contributed by atoms with E-state index >= 15 is 0 Å². The van der Waals surface area contributed by atoms with E-state index in [0.717, 1.165) is 0 Å². The summed E-state index contributed by atoms with van der Waals surface area (Å²) in [5, 5.41) is 19.0. The number of benzene rings is 2. The standard InChI is InChI=1S/C14H10Cl4O2/c15-11-7-9(3-6-12(11)20)13(14(16,17)18)8-1-4-10(19)5-2-8/h1-7,13,19-20H. The summed E-state index contributed by atoms with van der Waals surface area (Å²) < 4.78 is -1.60. The first-order valence-electron chi connectivity index (χ1n) is 5.63. The molecule has 2 rings (SSSR count). The minimum Gasteiger partial charge on any atom is -0.508 e. The quantitative estimate of drug-likeness (QED) is 0.725. The lowest BCUT2D eigenvalue weighted by atomic mass is 9.92. The maximum Gasteiger partial charge on any atom is 0.201 e. The van der Waals surface area contributed by atoms with Gasteiger partial charge >= 0.3 is 0 Å². The summed E-state index contributed by atoms with van der Waals surface area (Å²) >= 11 is 24.1. The maximum atomic E-state index is 9.47. The van der Waals surface area contributed by atoms with Gasteiger partial charge in [-0.25, -0.2) is 0 Å². The highest BCUT2D eigenvalue weighted by atomic mass is 35.6. The molecule has 0 saturated heterocycles. The van der Waals surface area contributed by atoms with Gasteiger partial charge in [0.05, 0.1) is 10.9 Å². The van der Waals surface area contributed by atoms with E-state index in [1.807, 2.05) is 0 Å². The Morgan fingerprint density at radius 1 is 0.850 bits per heavy atom. The average molecular weight is 352 g/mol. The Bertz CT molecular complexity index is 606. The Kier molecular flexibility index (Phi) is 4.60. The van der Waals surface area contributed by atoms with Crippen LogP contribution in [-0.4, -0.2) is 14.0 Å². The smallest absolute Gasteiger partial charge is 0.201 e. The van der Waals surface area contributed by atoms with Gasteiger partial charge in [-0.2, -0.15) is 0 Å². The van der Waals surface area contributed by atoms with Gasteiger partial charge in [0.2, 0.25) is 3.79 Å². The van der Waals surface area contributed by atoms with Gasteiger partial charge in [0.15, 0.2) is 0 Å². The summed E-state index contributed by atoms with van der Waals surface area (Å²) in [7, 11) is 0. The van der Waals surface area contributed by atoms with Gasteiger partial charge in [-0.3, -0.25) is 0 Å². The van der Waals surface area contributed by atoms with Crippen molar-refractivity contribution in [3.63, 3.8) is 0 Å². The molecule has 0 aliphatic heterocycles. The van der Waals surface area contributed by atoms with Crippen molar-refractivity contribution in [3.05, 3.63) is 58.6 Å². The molecular formula is C14H10Cl4O2. The summed E-state index contributed by atoms with van der Waals surface area (Å²) in [6.07, 6.45) is 0. The molecule has 6 heteroatoms. The average Bonchev–Trinajstić information content (AvgIpc) is 2.35. The molecule has 1 atom stereocenters. The summed E-state index contributed by atoms with van der Waals surface area (Å²) in [5.74, 6) is -0.490. The Hall–Kier alpha value is -0.800. The Balaban J connectivity index is 2.53. The van der Waals surface area contributed by atoms with Crippen LogP contribution < -0.4 is 0 Å². The normalized spacial score (nSPS) is 13.2. The zero-order valence-electron chi connectivity index (χ0n) is 10.0. The molecule has 0 radical (unpaired) electrons. The highest BCUT2D eigenvalue weighted by Crippen LogP contribution is 2.46. The molecule has 0 aliphatic carbocycles. The van der Waals surface area contributed by atoms with Crippen molar-refractivity contribution in [3.8, 4) is 11.5 Å². The van der Waals surface area contributed by atoms with Crippen LogP contribution in [0.15, 0.2) is 42.5 Å². The molecule has 1 unspecified atom stereocenters. The number of phenols is 2. The third kappa shape index (κ3) is 3.44. The molecular weight excluding hydrogens is 342 g/mol. The van der Waals surface area contributed by atoms with Crippen LogP contribution in [-0.2, 0) is 0 Å². The number of hydrogen-bond donors (Lipinski definition) is 2. The second-order valence-electron chi connectivity index (χ2n) is 4.28. The largest absolute Gasteiger partial charge is 0.508 e. The lowest BCUT2D eigenvalue weighted by Crippen LogP contribution is -2.18. The fourth-order valence-electron chi connectivity index (χ4n) is 1.94. The molecule has 20 heavy (non-hydrogen) atoms. The van der Waals surface area contributed by atoms with Gasteiger partial charge in [0.1, 0.15) is 11.5 Å². The molecule has 106 valence electrons. The molecule has 0 aliphatic rings. The molecule has 0 fully saturated rings. The van der Waals surface area contributed by atoms with Crippen LogP contribution in [0, 0.1) is 0 Å². The first kappa shape index (κ1) is 15.6. The Morgan fingerprint density at radius 2 is 1.40 bits per heavy atom. The van der Waals surface area contributed by atoms with Gasteiger partial charge in [-0.1, -0.05) is 64.6 Å². The van der Waals surface area contributed by atoms with Gasteiger partial charge in [-0.15, -0.1) is 0 Å². The molecule has 0 amide bonds. The SMILES string of the molecule is Oc1ccc(C(c2ccc(O)c(Cl)c2)C(Cl)(Cl)Cl)cc1.